The van der Waals surface area contributed by atoms with Crippen LogP contribution in [0.5, 0.6) is 5.75 Å². The lowest BCUT2D eigenvalue weighted by molar-refractivity contribution is -0.121. The van der Waals surface area contributed by atoms with Gasteiger partial charge in [-0.05, 0) is 30.7 Å². The van der Waals surface area contributed by atoms with E-state index in [1.165, 1.54) is 5.56 Å². The molecule has 2 atom stereocenters. The first-order chi connectivity index (χ1) is 12.4. The molecule has 6 nitrogen and oxygen atoms in total. The third-order valence-electron chi connectivity index (χ3n) is 5.50. The van der Waals surface area contributed by atoms with Gasteiger partial charge in [0.25, 0.3) is 0 Å². The maximum Gasteiger partial charge on any atom is 0.241 e. The van der Waals surface area contributed by atoms with Gasteiger partial charge in [-0.1, -0.05) is 13.8 Å². The van der Waals surface area contributed by atoms with Crippen molar-refractivity contribution in [3.63, 3.8) is 0 Å². The summed E-state index contributed by atoms with van der Waals surface area (Å²) in [4.78, 5) is 17.4. The van der Waals surface area contributed by atoms with Crippen molar-refractivity contribution in [2.45, 2.75) is 38.3 Å². The van der Waals surface area contributed by atoms with E-state index in [9.17, 15) is 4.79 Å². The van der Waals surface area contributed by atoms with Crippen LogP contribution in [0.25, 0.3) is 0 Å². The first-order valence-electron chi connectivity index (χ1n) is 9.31. The van der Waals surface area contributed by atoms with Gasteiger partial charge in [0, 0.05) is 49.9 Å². The molecule has 1 amide bonds. The number of amides is 1. The highest BCUT2D eigenvalue weighted by Gasteiger charge is 2.39. The number of benzene rings is 1. The maximum absolute atomic E-state index is 13.2. The van der Waals surface area contributed by atoms with Crippen LogP contribution in [0.15, 0.2) is 18.2 Å². The number of nitrogens with one attached hydrogen (secondary N) is 1. The van der Waals surface area contributed by atoms with Crippen LogP contribution >= 0.6 is 0 Å². The Kier molecular flexibility index (Phi) is 5.55. The van der Waals surface area contributed by atoms with E-state index in [4.69, 9.17) is 9.47 Å². The molecule has 2 aliphatic heterocycles. The van der Waals surface area contributed by atoms with Crippen LogP contribution in [0.4, 0.5) is 5.69 Å². The molecule has 1 N–H and O–H groups in total. The molecule has 144 valence electrons. The Morgan fingerprint density at radius 3 is 2.81 bits per heavy atom. The molecule has 1 fully saturated rings. The lowest BCUT2D eigenvalue weighted by Gasteiger charge is -2.39. The van der Waals surface area contributed by atoms with Gasteiger partial charge in [-0.25, -0.2) is 0 Å². The highest BCUT2D eigenvalue weighted by atomic mass is 16.5. The summed E-state index contributed by atoms with van der Waals surface area (Å²) >= 11 is 0. The second-order valence-corrected chi connectivity index (χ2v) is 8.09. The number of anilines is 1. The summed E-state index contributed by atoms with van der Waals surface area (Å²) in [5.74, 6) is 0.986. The normalized spacial score (nSPS) is 25.2. The minimum absolute atomic E-state index is 0.0811. The molecule has 0 unspecified atom stereocenters. The molecule has 2 heterocycles. The van der Waals surface area contributed by atoms with Gasteiger partial charge in [0.15, 0.2) is 0 Å². The Labute approximate surface area is 156 Å². The number of carbonyl (C=O) groups is 1. The zero-order chi connectivity index (χ0) is 18.9. The fraction of sp³-hybridized carbons (Fsp3) is 0.650. The molecule has 0 spiro atoms. The Morgan fingerprint density at radius 1 is 1.35 bits per heavy atom. The molecular formula is C20H31N3O3. The Hall–Kier alpha value is -1.63. The largest absolute Gasteiger partial charge is 0.497 e. The van der Waals surface area contributed by atoms with Gasteiger partial charge < -0.3 is 19.7 Å². The van der Waals surface area contributed by atoms with Crippen LogP contribution in [0.1, 0.15) is 26.3 Å². The van der Waals surface area contributed by atoms with Crippen LogP contribution in [0.2, 0.25) is 0 Å². The fourth-order valence-corrected chi connectivity index (χ4v) is 4.05. The predicted molar refractivity (Wildman–Crippen MR) is 103 cm³/mol. The van der Waals surface area contributed by atoms with E-state index in [0.29, 0.717) is 25.7 Å². The van der Waals surface area contributed by atoms with Crippen molar-refractivity contribution in [1.82, 2.24) is 10.2 Å². The summed E-state index contributed by atoms with van der Waals surface area (Å²) < 4.78 is 10.7. The van der Waals surface area contributed by atoms with Crippen molar-refractivity contribution in [2.75, 3.05) is 51.9 Å². The quantitative estimate of drug-likeness (QED) is 0.864. The summed E-state index contributed by atoms with van der Waals surface area (Å²) in [6, 6.07) is 6.60. The van der Waals surface area contributed by atoms with Crippen LogP contribution < -0.4 is 15.0 Å². The Morgan fingerprint density at radius 2 is 2.12 bits per heavy atom. The number of rotatable bonds is 5. The molecule has 0 aliphatic carbocycles. The minimum Gasteiger partial charge on any atom is -0.497 e. The Balaban J connectivity index is 1.78. The van der Waals surface area contributed by atoms with Gasteiger partial charge in [0.1, 0.15) is 5.75 Å². The topological polar surface area (TPSA) is 54.0 Å². The van der Waals surface area contributed by atoms with Crippen molar-refractivity contribution in [2.24, 2.45) is 0 Å². The lowest BCUT2D eigenvalue weighted by atomic mass is 9.87. The van der Waals surface area contributed by atoms with Crippen molar-refractivity contribution in [3.8, 4) is 5.75 Å². The molecule has 0 saturated carbocycles. The third kappa shape index (κ3) is 3.72. The van der Waals surface area contributed by atoms with E-state index >= 15 is 0 Å². The van der Waals surface area contributed by atoms with Crippen molar-refractivity contribution in [1.29, 1.82) is 0 Å². The summed E-state index contributed by atoms with van der Waals surface area (Å²) in [6.45, 7) is 9.96. The highest BCUT2D eigenvalue weighted by molar-refractivity contribution is 5.97. The van der Waals surface area contributed by atoms with Gasteiger partial charge >= 0.3 is 0 Å². The molecule has 26 heavy (non-hydrogen) atoms. The van der Waals surface area contributed by atoms with Crippen LogP contribution in [0, 0.1) is 0 Å². The number of nitrogens with zero attached hydrogens (tertiary/aromatic N) is 2. The number of hydrogen-bond acceptors (Lipinski definition) is 5. The van der Waals surface area contributed by atoms with Crippen molar-refractivity contribution in [3.05, 3.63) is 23.8 Å². The molecule has 0 aromatic heterocycles. The van der Waals surface area contributed by atoms with E-state index in [0.717, 1.165) is 24.5 Å². The fourth-order valence-electron chi connectivity index (χ4n) is 4.05. The summed E-state index contributed by atoms with van der Waals surface area (Å²) in [7, 11) is 3.39. The first kappa shape index (κ1) is 19.1. The zero-order valence-corrected chi connectivity index (χ0v) is 16.5. The zero-order valence-electron chi connectivity index (χ0n) is 16.5. The van der Waals surface area contributed by atoms with Gasteiger partial charge in [-0.3, -0.25) is 9.69 Å². The summed E-state index contributed by atoms with van der Waals surface area (Å²) in [5, 5.41) is 3.47. The van der Waals surface area contributed by atoms with Crippen LogP contribution in [0.3, 0.4) is 0 Å². The summed E-state index contributed by atoms with van der Waals surface area (Å²) in [6.07, 6.45) is 0. The van der Waals surface area contributed by atoms with Crippen LogP contribution in [-0.2, 0) is 14.9 Å². The average molecular weight is 361 g/mol. The van der Waals surface area contributed by atoms with E-state index in [-0.39, 0.29) is 17.4 Å². The van der Waals surface area contributed by atoms with E-state index < -0.39 is 0 Å². The molecular weight excluding hydrogens is 330 g/mol. The smallest absolute Gasteiger partial charge is 0.241 e. The molecule has 0 radical (unpaired) electrons. The molecule has 1 saturated heterocycles. The number of ether oxygens (including phenoxy) is 2. The number of methoxy groups -OCH3 is 2. The molecule has 6 heteroatoms. The minimum atomic E-state index is -0.0811. The monoisotopic (exact) mass is 361 g/mol. The maximum atomic E-state index is 13.2. The number of carbonyl (C=O) groups excluding carboxylic acids is 1. The highest BCUT2D eigenvalue weighted by Crippen LogP contribution is 2.42. The van der Waals surface area contributed by atoms with E-state index in [2.05, 4.69) is 37.1 Å². The third-order valence-corrected chi connectivity index (χ3v) is 5.50. The van der Waals surface area contributed by atoms with Crippen molar-refractivity contribution < 1.29 is 14.3 Å². The second kappa shape index (κ2) is 7.55. The SMILES string of the molecule is COC[C@H]1CN[C@H](C)CN1CC(=O)N1CC(C)(C)c2cc(OC)ccc21. The summed E-state index contributed by atoms with van der Waals surface area (Å²) in [5.41, 5.74) is 2.10. The van der Waals surface area contributed by atoms with Gasteiger partial charge in [0.2, 0.25) is 5.91 Å². The van der Waals surface area contributed by atoms with Gasteiger partial charge in [-0.2, -0.15) is 0 Å². The van der Waals surface area contributed by atoms with Crippen molar-refractivity contribution >= 4 is 11.6 Å². The van der Waals surface area contributed by atoms with Crippen LogP contribution in [-0.4, -0.2) is 69.9 Å². The average Bonchev–Trinajstić information content (AvgIpc) is 2.88. The van der Waals surface area contributed by atoms with E-state index in [1.54, 1.807) is 14.2 Å². The molecule has 0 bridgehead atoms. The molecule has 1 aromatic rings. The number of fused-ring (bicyclic) bond motifs is 1. The predicted octanol–water partition coefficient (Wildman–Crippen LogP) is 1.63. The van der Waals surface area contributed by atoms with Gasteiger partial charge in [0.05, 0.1) is 20.3 Å². The molecule has 2 aliphatic rings. The standard InChI is InChI=1S/C20H31N3O3/c1-14-10-22(15(9-21-14)12-25-4)11-19(24)23-13-20(2,3)17-8-16(26-5)6-7-18(17)23/h6-8,14-15,21H,9-13H2,1-5H3/t14-,15-/m1/s1. The molecule has 1 aromatic carbocycles. The number of hydrogen-bond donors (Lipinski definition) is 1. The lowest BCUT2D eigenvalue weighted by Crippen LogP contribution is -2.59. The molecule has 3 rings (SSSR count). The second-order valence-electron chi connectivity index (χ2n) is 8.09. The Bertz CT molecular complexity index is 662. The number of piperazine rings is 1. The van der Waals surface area contributed by atoms with E-state index in [1.807, 2.05) is 17.0 Å². The first-order valence-corrected chi connectivity index (χ1v) is 9.31. The van der Waals surface area contributed by atoms with Gasteiger partial charge in [-0.15, -0.1) is 0 Å².